The summed E-state index contributed by atoms with van der Waals surface area (Å²) in [4.78, 5) is 15.6. The van der Waals surface area contributed by atoms with Crippen LogP contribution in [0.2, 0.25) is 5.02 Å². The molecular weight excluding hydrogens is 241 g/mol. The Kier molecular flexibility index (Phi) is 3.20. The molecular formula is C13H9ClFNO. The zero-order valence-electron chi connectivity index (χ0n) is 9.08. The molecule has 0 fully saturated rings. The molecule has 2 nitrogen and oxygen atoms in total. The van der Waals surface area contributed by atoms with E-state index in [0.29, 0.717) is 10.6 Å². The van der Waals surface area contributed by atoms with E-state index in [9.17, 15) is 9.18 Å². The summed E-state index contributed by atoms with van der Waals surface area (Å²) < 4.78 is 13.4. The predicted molar refractivity (Wildman–Crippen MR) is 63.8 cm³/mol. The van der Waals surface area contributed by atoms with Crippen molar-refractivity contribution in [2.45, 2.75) is 6.92 Å². The van der Waals surface area contributed by atoms with Crippen LogP contribution >= 0.6 is 11.6 Å². The molecule has 0 radical (unpaired) electrons. The van der Waals surface area contributed by atoms with Gasteiger partial charge in [-0.25, -0.2) is 4.39 Å². The van der Waals surface area contributed by atoms with Gasteiger partial charge in [0.15, 0.2) is 11.6 Å². The van der Waals surface area contributed by atoms with Crippen LogP contribution in [0.3, 0.4) is 0 Å². The summed E-state index contributed by atoms with van der Waals surface area (Å²) in [5.74, 6) is -1.08. The molecule has 0 bridgehead atoms. The van der Waals surface area contributed by atoms with E-state index >= 15 is 0 Å². The highest BCUT2D eigenvalue weighted by atomic mass is 35.5. The molecule has 0 saturated carbocycles. The molecule has 0 atom stereocenters. The number of rotatable bonds is 2. The lowest BCUT2D eigenvalue weighted by Gasteiger charge is -2.05. The van der Waals surface area contributed by atoms with Crippen LogP contribution in [0.15, 0.2) is 36.7 Å². The standard InChI is InChI=1S/C13H9ClFNO/c1-8-2-3-9(11(14)6-8)13(17)10-4-5-16-7-12(10)15/h2-7H,1H3. The fraction of sp³-hybridized carbons (Fsp3) is 0.0769. The highest BCUT2D eigenvalue weighted by Gasteiger charge is 2.16. The van der Waals surface area contributed by atoms with E-state index in [1.807, 2.05) is 6.92 Å². The normalized spacial score (nSPS) is 10.3. The average Bonchev–Trinajstić information content (AvgIpc) is 2.29. The van der Waals surface area contributed by atoms with Gasteiger partial charge in [0, 0.05) is 11.8 Å². The number of ketones is 1. The second-order valence-electron chi connectivity index (χ2n) is 3.67. The second-order valence-corrected chi connectivity index (χ2v) is 4.08. The van der Waals surface area contributed by atoms with Crippen molar-refractivity contribution in [1.82, 2.24) is 4.98 Å². The van der Waals surface area contributed by atoms with Gasteiger partial charge in [0.1, 0.15) is 0 Å². The van der Waals surface area contributed by atoms with E-state index in [4.69, 9.17) is 11.6 Å². The molecule has 2 aromatic rings. The lowest BCUT2D eigenvalue weighted by atomic mass is 10.0. The monoisotopic (exact) mass is 249 g/mol. The second kappa shape index (κ2) is 4.63. The first-order valence-corrected chi connectivity index (χ1v) is 5.38. The van der Waals surface area contributed by atoms with E-state index in [0.717, 1.165) is 11.8 Å². The van der Waals surface area contributed by atoms with Crippen molar-refractivity contribution in [3.8, 4) is 0 Å². The van der Waals surface area contributed by atoms with Crippen LogP contribution in [0.25, 0.3) is 0 Å². The Hall–Kier alpha value is -1.74. The highest BCUT2D eigenvalue weighted by Crippen LogP contribution is 2.21. The van der Waals surface area contributed by atoms with E-state index in [2.05, 4.69) is 4.98 Å². The van der Waals surface area contributed by atoms with Crippen LogP contribution in [-0.4, -0.2) is 10.8 Å². The smallest absolute Gasteiger partial charge is 0.197 e. The lowest BCUT2D eigenvalue weighted by Crippen LogP contribution is -2.05. The minimum Gasteiger partial charge on any atom is -0.288 e. The van der Waals surface area contributed by atoms with Crippen molar-refractivity contribution in [3.63, 3.8) is 0 Å². The first-order valence-electron chi connectivity index (χ1n) is 5.00. The average molecular weight is 250 g/mol. The molecule has 0 amide bonds. The third kappa shape index (κ3) is 2.34. The third-order valence-electron chi connectivity index (χ3n) is 2.39. The molecule has 0 aliphatic carbocycles. The Morgan fingerprint density at radius 2 is 2.06 bits per heavy atom. The zero-order chi connectivity index (χ0) is 12.4. The number of halogens is 2. The van der Waals surface area contributed by atoms with Gasteiger partial charge in [0.05, 0.1) is 16.8 Å². The Balaban J connectivity index is 2.48. The molecule has 2 rings (SSSR count). The van der Waals surface area contributed by atoms with Crippen LogP contribution in [-0.2, 0) is 0 Å². The number of benzene rings is 1. The van der Waals surface area contributed by atoms with E-state index < -0.39 is 11.6 Å². The van der Waals surface area contributed by atoms with Gasteiger partial charge in [0.25, 0.3) is 0 Å². The van der Waals surface area contributed by atoms with Gasteiger partial charge in [-0.3, -0.25) is 9.78 Å². The van der Waals surface area contributed by atoms with Crippen LogP contribution < -0.4 is 0 Å². The Bertz CT molecular complexity index is 583. The number of aryl methyl sites for hydroxylation is 1. The number of nitrogens with zero attached hydrogens (tertiary/aromatic N) is 1. The summed E-state index contributed by atoms with van der Waals surface area (Å²) >= 11 is 5.97. The van der Waals surface area contributed by atoms with Crippen molar-refractivity contribution in [1.29, 1.82) is 0 Å². The molecule has 86 valence electrons. The summed E-state index contributed by atoms with van der Waals surface area (Å²) in [6.07, 6.45) is 2.38. The van der Waals surface area contributed by atoms with Gasteiger partial charge >= 0.3 is 0 Å². The minimum absolute atomic E-state index is 0.0225. The van der Waals surface area contributed by atoms with E-state index in [1.54, 1.807) is 18.2 Å². The number of pyridine rings is 1. The molecule has 1 aromatic heterocycles. The number of carbonyl (C=O) groups excluding carboxylic acids is 1. The summed E-state index contributed by atoms with van der Waals surface area (Å²) in [5.41, 5.74) is 1.22. The lowest BCUT2D eigenvalue weighted by molar-refractivity contribution is 0.103. The Labute approximate surface area is 103 Å². The molecule has 0 N–H and O–H groups in total. The van der Waals surface area contributed by atoms with Gasteiger partial charge in [-0.15, -0.1) is 0 Å². The maximum absolute atomic E-state index is 13.4. The molecule has 0 saturated heterocycles. The van der Waals surface area contributed by atoms with Crippen LogP contribution in [0.5, 0.6) is 0 Å². The summed E-state index contributed by atoms with van der Waals surface area (Å²) in [6.45, 7) is 1.87. The summed E-state index contributed by atoms with van der Waals surface area (Å²) in [5, 5.41) is 0.325. The summed E-state index contributed by atoms with van der Waals surface area (Å²) in [7, 11) is 0. The van der Waals surface area contributed by atoms with Gasteiger partial charge < -0.3 is 0 Å². The van der Waals surface area contributed by atoms with Crippen molar-refractivity contribution in [2.75, 3.05) is 0 Å². The van der Waals surface area contributed by atoms with Gasteiger partial charge in [-0.05, 0) is 30.7 Å². The van der Waals surface area contributed by atoms with Gasteiger partial charge in [-0.1, -0.05) is 17.7 Å². The maximum atomic E-state index is 13.4. The van der Waals surface area contributed by atoms with Gasteiger partial charge in [-0.2, -0.15) is 0 Å². The SMILES string of the molecule is Cc1ccc(C(=O)c2ccncc2F)c(Cl)c1. The largest absolute Gasteiger partial charge is 0.288 e. The molecule has 0 unspecified atom stereocenters. The Morgan fingerprint density at radius 1 is 1.29 bits per heavy atom. The fourth-order valence-corrected chi connectivity index (χ4v) is 1.83. The third-order valence-corrected chi connectivity index (χ3v) is 2.70. The van der Waals surface area contributed by atoms with E-state index in [-0.39, 0.29) is 5.56 Å². The molecule has 1 aromatic carbocycles. The zero-order valence-corrected chi connectivity index (χ0v) is 9.83. The molecule has 0 aliphatic heterocycles. The number of hydrogen-bond acceptors (Lipinski definition) is 2. The van der Waals surface area contributed by atoms with Crippen LogP contribution in [0.4, 0.5) is 4.39 Å². The topological polar surface area (TPSA) is 30.0 Å². The highest BCUT2D eigenvalue weighted by molar-refractivity contribution is 6.35. The molecule has 0 spiro atoms. The first-order chi connectivity index (χ1) is 8.09. The van der Waals surface area contributed by atoms with Crippen molar-refractivity contribution >= 4 is 17.4 Å². The van der Waals surface area contributed by atoms with E-state index in [1.165, 1.54) is 12.3 Å². The Morgan fingerprint density at radius 3 is 2.71 bits per heavy atom. The van der Waals surface area contributed by atoms with Crippen LogP contribution in [0.1, 0.15) is 21.5 Å². The minimum atomic E-state index is -0.644. The number of aromatic nitrogens is 1. The first kappa shape index (κ1) is 11.7. The van der Waals surface area contributed by atoms with Gasteiger partial charge in [0.2, 0.25) is 0 Å². The van der Waals surface area contributed by atoms with Crippen molar-refractivity contribution in [2.24, 2.45) is 0 Å². The van der Waals surface area contributed by atoms with Crippen molar-refractivity contribution in [3.05, 3.63) is 64.2 Å². The predicted octanol–water partition coefficient (Wildman–Crippen LogP) is 3.41. The number of carbonyl (C=O) groups is 1. The van der Waals surface area contributed by atoms with Crippen molar-refractivity contribution < 1.29 is 9.18 Å². The fourth-order valence-electron chi connectivity index (χ4n) is 1.51. The molecule has 4 heteroatoms. The summed E-state index contributed by atoms with van der Waals surface area (Å²) in [6, 6.07) is 6.37. The molecule has 0 aliphatic rings. The molecule has 1 heterocycles. The number of hydrogen-bond donors (Lipinski definition) is 0. The quantitative estimate of drug-likeness (QED) is 0.764. The maximum Gasteiger partial charge on any atom is 0.197 e. The van der Waals surface area contributed by atoms with Crippen LogP contribution in [0, 0.1) is 12.7 Å². The molecule has 17 heavy (non-hydrogen) atoms.